The molecule has 4 nitrogen and oxygen atoms in total. The van der Waals surface area contributed by atoms with Gasteiger partial charge in [-0.15, -0.1) is 12.4 Å². The first-order valence-corrected chi connectivity index (χ1v) is 5.67. The second-order valence-corrected chi connectivity index (χ2v) is 4.40. The van der Waals surface area contributed by atoms with Gasteiger partial charge in [-0.1, -0.05) is 5.16 Å². The fourth-order valence-electron chi connectivity index (χ4n) is 1.15. The van der Waals surface area contributed by atoms with Gasteiger partial charge in [-0.05, 0) is 13.2 Å². The standard InChI is InChI=1S/C8H13N3OS.ClH/c1-5(13-2)8-10-7(11-12-8)6-3-9-4-6;/h5-6,9H,3-4H2,1-2H3;1H. The zero-order valence-electron chi connectivity index (χ0n) is 8.19. The molecule has 1 atom stereocenters. The molecule has 14 heavy (non-hydrogen) atoms. The van der Waals surface area contributed by atoms with Gasteiger partial charge in [0, 0.05) is 19.0 Å². The van der Waals surface area contributed by atoms with Crippen LogP contribution in [0.4, 0.5) is 0 Å². The molecule has 0 spiro atoms. The molecule has 0 aliphatic carbocycles. The maximum atomic E-state index is 5.16. The Bertz CT molecular complexity index is 271. The third-order valence-electron chi connectivity index (χ3n) is 2.31. The molecule has 1 N–H and O–H groups in total. The fraction of sp³-hybridized carbons (Fsp3) is 0.750. The molecular formula is C8H14ClN3OS. The Morgan fingerprint density at radius 1 is 1.57 bits per heavy atom. The molecule has 2 heterocycles. The fourth-order valence-corrected chi connectivity index (χ4v) is 1.45. The quantitative estimate of drug-likeness (QED) is 0.863. The lowest BCUT2D eigenvalue weighted by molar-refractivity contribution is 0.357. The second-order valence-electron chi connectivity index (χ2n) is 3.22. The summed E-state index contributed by atoms with van der Waals surface area (Å²) < 4.78 is 5.16. The Morgan fingerprint density at radius 3 is 2.79 bits per heavy atom. The minimum absolute atomic E-state index is 0. The number of thioether (sulfide) groups is 1. The summed E-state index contributed by atoms with van der Waals surface area (Å²) in [5, 5.41) is 7.45. The van der Waals surface area contributed by atoms with Crippen molar-refractivity contribution in [3.05, 3.63) is 11.7 Å². The van der Waals surface area contributed by atoms with Crippen LogP contribution in [0.3, 0.4) is 0 Å². The zero-order valence-corrected chi connectivity index (χ0v) is 9.82. The summed E-state index contributed by atoms with van der Waals surface area (Å²) >= 11 is 1.72. The molecule has 80 valence electrons. The summed E-state index contributed by atoms with van der Waals surface area (Å²) in [5.41, 5.74) is 0. The van der Waals surface area contributed by atoms with Gasteiger partial charge < -0.3 is 9.84 Å². The van der Waals surface area contributed by atoms with Crippen LogP contribution in [0.25, 0.3) is 0 Å². The van der Waals surface area contributed by atoms with E-state index in [1.54, 1.807) is 11.8 Å². The molecule has 1 unspecified atom stereocenters. The smallest absolute Gasteiger partial charge is 0.239 e. The van der Waals surface area contributed by atoms with E-state index in [0.717, 1.165) is 24.8 Å². The van der Waals surface area contributed by atoms with Gasteiger partial charge in [-0.3, -0.25) is 0 Å². The largest absolute Gasteiger partial charge is 0.338 e. The van der Waals surface area contributed by atoms with E-state index in [-0.39, 0.29) is 12.4 Å². The monoisotopic (exact) mass is 235 g/mol. The first-order chi connectivity index (χ1) is 6.31. The van der Waals surface area contributed by atoms with Crippen molar-refractivity contribution in [2.45, 2.75) is 18.1 Å². The van der Waals surface area contributed by atoms with Crippen molar-refractivity contribution in [3.8, 4) is 0 Å². The first kappa shape index (κ1) is 11.8. The maximum Gasteiger partial charge on any atom is 0.239 e. The highest BCUT2D eigenvalue weighted by atomic mass is 35.5. The first-order valence-electron chi connectivity index (χ1n) is 4.38. The van der Waals surface area contributed by atoms with Gasteiger partial charge in [0.25, 0.3) is 0 Å². The molecule has 0 saturated carbocycles. The number of halogens is 1. The number of rotatable bonds is 3. The van der Waals surface area contributed by atoms with Crippen molar-refractivity contribution in [2.75, 3.05) is 19.3 Å². The van der Waals surface area contributed by atoms with Gasteiger partial charge in [-0.2, -0.15) is 16.7 Å². The Hall–Kier alpha value is -0.260. The molecule has 1 aromatic rings. The molecule has 0 radical (unpaired) electrons. The molecule has 0 aromatic carbocycles. The third kappa shape index (κ3) is 2.21. The summed E-state index contributed by atoms with van der Waals surface area (Å²) in [6.07, 6.45) is 2.04. The summed E-state index contributed by atoms with van der Waals surface area (Å²) in [6.45, 7) is 4.03. The van der Waals surface area contributed by atoms with Crippen LogP contribution in [0.1, 0.15) is 29.8 Å². The topological polar surface area (TPSA) is 51.0 Å². The minimum atomic E-state index is 0. The van der Waals surface area contributed by atoms with E-state index < -0.39 is 0 Å². The van der Waals surface area contributed by atoms with E-state index in [4.69, 9.17) is 4.52 Å². The van der Waals surface area contributed by atoms with Crippen molar-refractivity contribution in [2.24, 2.45) is 0 Å². The average Bonchev–Trinajstić information content (AvgIpc) is 2.49. The summed E-state index contributed by atoms with van der Waals surface area (Å²) in [5.74, 6) is 2.07. The molecule has 2 rings (SSSR count). The van der Waals surface area contributed by atoms with E-state index in [1.165, 1.54) is 0 Å². The highest BCUT2D eigenvalue weighted by Gasteiger charge is 2.25. The summed E-state index contributed by atoms with van der Waals surface area (Å²) in [4.78, 5) is 4.36. The van der Waals surface area contributed by atoms with Crippen LogP contribution in [0.5, 0.6) is 0 Å². The van der Waals surface area contributed by atoms with E-state index in [0.29, 0.717) is 11.2 Å². The van der Waals surface area contributed by atoms with Gasteiger partial charge >= 0.3 is 0 Å². The van der Waals surface area contributed by atoms with Crippen LogP contribution in [-0.4, -0.2) is 29.5 Å². The second kappa shape index (κ2) is 5.00. The van der Waals surface area contributed by atoms with E-state index in [1.807, 2.05) is 6.26 Å². The van der Waals surface area contributed by atoms with Gasteiger partial charge in [0.15, 0.2) is 5.82 Å². The van der Waals surface area contributed by atoms with Gasteiger partial charge in [0.05, 0.1) is 5.25 Å². The minimum Gasteiger partial charge on any atom is -0.338 e. The molecule has 6 heteroatoms. The molecule has 1 aromatic heterocycles. The van der Waals surface area contributed by atoms with E-state index >= 15 is 0 Å². The molecule has 1 fully saturated rings. The van der Waals surface area contributed by atoms with Crippen molar-refractivity contribution in [1.29, 1.82) is 0 Å². The molecule has 0 amide bonds. The maximum absolute atomic E-state index is 5.16. The molecule has 1 saturated heterocycles. The lowest BCUT2D eigenvalue weighted by Crippen LogP contribution is -2.40. The number of hydrogen-bond donors (Lipinski definition) is 1. The van der Waals surface area contributed by atoms with Gasteiger partial charge in [0.1, 0.15) is 0 Å². The van der Waals surface area contributed by atoms with Crippen LogP contribution in [0.15, 0.2) is 4.52 Å². The lowest BCUT2D eigenvalue weighted by atomic mass is 10.0. The lowest BCUT2D eigenvalue weighted by Gasteiger charge is -2.23. The van der Waals surface area contributed by atoms with Crippen LogP contribution in [0.2, 0.25) is 0 Å². The predicted octanol–water partition coefficient (Wildman–Crippen LogP) is 1.60. The van der Waals surface area contributed by atoms with Crippen molar-refractivity contribution in [1.82, 2.24) is 15.5 Å². The van der Waals surface area contributed by atoms with Crippen molar-refractivity contribution in [3.63, 3.8) is 0 Å². The van der Waals surface area contributed by atoms with Crippen molar-refractivity contribution >= 4 is 24.2 Å². The van der Waals surface area contributed by atoms with Crippen LogP contribution in [-0.2, 0) is 0 Å². The van der Waals surface area contributed by atoms with Gasteiger partial charge in [0.2, 0.25) is 5.89 Å². The van der Waals surface area contributed by atoms with Crippen LogP contribution < -0.4 is 5.32 Å². The van der Waals surface area contributed by atoms with Crippen molar-refractivity contribution < 1.29 is 4.52 Å². The molecular weight excluding hydrogens is 222 g/mol. The van der Waals surface area contributed by atoms with Crippen LogP contribution in [0, 0.1) is 0 Å². The molecule has 1 aliphatic heterocycles. The normalized spacial score (nSPS) is 18.4. The third-order valence-corrected chi connectivity index (χ3v) is 3.21. The Balaban J connectivity index is 0.000000980. The number of nitrogens with one attached hydrogen (secondary N) is 1. The Morgan fingerprint density at radius 2 is 2.29 bits per heavy atom. The molecule has 1 aliphatic rings. The number of nitrogens with zero attached hydrogens (tertiary/aromatic N) is 2. The molecule has 0 bridgehead atoms. The van der Waals surface area contributed by atoms with E-state index in [2.05, 4.69) is 22.4 Å². The van der Waals surface area contributed by atoms with E-state index in [9.17, 15) is 0 Å². The highest BCUT2D eigenvalue weighted by molar-refractivity contribution is 7.98. The predicted molar refractivity (Wildman–Crippen MR) is 59.1 cm³/mol. The zero-order chi connectivity index (χ0) is 9.26. The van der Waals surface area contributed by atoms with Gasteiger partial charge in [-0.25, -0.2) is 0 Å². The Labute approximate surface area is 93.6 Å². The Kier molecular flexibility index (Phi) is 4.22. The summed E-state index contributed by atoms with van der Waals surface area (Å²) in [6, 6.07) is 0. The SMILES string of the molecule is CSC(C)c1nc(C2CNC2)no1.Cl. The highest BCUT2D eigenvalue weighted by Crippen LogP contribution is 2.25. The average molecular weight is 236 g/mol. The number of aromatic nitrogens is 2. The number of hydrogen-bond acceptors (Lipinski definition) is 5. The van der Waals surface area contributed by atoms with Crippen LogP contribution >= 0.6 is 24.2 Å². The summed E-state index contributed by atoms with van der Waals surface area (Å²) in [7, 11) is 0.